The molecule has 0 spiro atoms. The first-order valence-electron chi connectivity index (χ1n) is 6.30. The fraction of sp³-hybridized carbons (Fsp3) is 1.00. The van der Waals surface area contributed by atoms with E-state index >= 15 is 0 Å². The van der Waals surface area contributed by atoms with Crippen molar-refractivity contribution in [2.45, 2.75) is 63.6 Å². The van der Waals surface area contributed by atoms with Crippen molar-refractivity contribution in [2.24, 2.45) is 17.3 Å². The van der Waals surface area contributed by atoms with Gasteiger partial charge in [0.2, 0.25) is 0 Å². The van der Waals surface area contributed by atoms with Crippen LogP contribution in [0, 0.1) is 17.3 Å². The molecule has 0 amide bonds. The molecule has 0 aromatic rings. The standard InChI is InChI=1S/C13H22O2/c1-9(2)11-3-10-4-12(14,6-11)8-13(15,5-10)7-11/h9-10,14-15H,3-8H2,1-2H3. The van der Waals surface area contributed by atoms with E-state index in [1.54, 1.807) is 0 Å². The van der Waals surface area contributed by atoms with Crippen LogP contribution in [0.5, 0.6) is 0 Å². The van der Waals surface area contributed by atoms with Gasteiger partial charge in [0.05, 0.1) is 11.2 Å². The van der Waals surface area contributed by atoms with E-state index in [0.29, 0.717) is 18.3 Å². The summed E-state index contributed by atoms with van der Waals surface area (Å²) in [6.45, 7) is 4.50. The molecule has 0 aromatic carbocycles. The molecule has 4 aliphatic carbocycles. The van der Waals surface area contributed by atoms with Crippen LogP contribution in [-0.4, -0.2) is 21.4 Å². The maximum absolute atomic E-state index is 10.5. The van der Waals surface area contributed by atoms with E-state index in [9.17, 15) is 10.2 Å². The lowest BCUT2D eigenvalue weighted by Crippen LogP contribution is -2.64. The Morgan fingerprint density at radius 1 is 0.933 bits per heavy atom. The summed E-state index contributed by atoms with van der Waals surface area (Å²) >= 11 is 0. The Balaban J connectivity index is 2.02. The average Bonchev–Trinajstić information content (AvgIpc) is 1.95. The number of aliphatic hydroxyl groups is 2. The maximum atomic E-state index is 10.5. The average molecular weight is 210 g/mol. The largest absolute Gasteiger partial charge is 0.390 e. The van der Waals surface area contributed by atoms with Crippen LogP contribution >= 0.6 is 0 Å². The molecule has 0 heterocycles. The van der Waals surface area contributed by atoms with Gasteiger partial charge in [0.25, 0.3) is 0 Å². The molecule has 4 aliphatic rings. The first kappa shape index (κ1) is 10.1. The normalized spacial score (nSPS) is 57.8. The molecule has 0 aliphatic heterocycles. The van der Waals surface area contributed by atoms with Crippen molar-refractivity contribution in [3.8, 4) is 0 Å². The van der Waals surface area contributed by atoms with Crippen molar-refractivity contribution in [2.75, 3.05) is 0 Å². The Labute approximate surface area is 91.7 Å². The second-order valence-corrected chi connectivity index (χ2v) is 6.97. The molecule has 15 heavy (non-hydrogen) atoms. The van der Waals surface area contributed by atoms with Crippen LogP contribution in [0.2, 0.25) is 0 Å². The molecule has 0 saturated heterocycles. The van der Waals surface area contributed by atoms with Crippen LogP contribution in [0.15, 0.2) is 0 Å². The molecule has 2 atom stereocenters. The molecule has 4 saturated carbocycles. The van der Waals surface area contributed by atoms with Crippen molar-refractivity contribution < 1.29 is 10.2 Å². The zero-order valence-electron chi connectivity index (χ0n) is 9.79. The van der Waals surface area contributed by atoms with Gasteiger partial charge in [-0.05, 0) is 49.4 Å². The Morgan fingerprint density at radius 3 is 1.87 bits per heavy atom. The van der Waals surface area contributed by atoms with Gasteiger partial charge < -0.3 is 10.2 Å². The minimum atomic E-state index is -0.543. The molecule has 86 valence electrons. The van der Waals surface area contributed by atoms with Gasteiger partial charge in [-0.2, -0.15) is 0 Å². The summed E-state index contributed by atoms with van der Waals surface area (Å²) in [4.78, 5) is 0. The molecule has 2 N–H and O–H groups in total. The third-order valence-electron chi connectivity index (χ3n) is 5.28. The van der Waals surface area contributed by atoms with E-state index in [0.717, 1.165) is 25.7 Å². The first-order valence-corrected chi connectivity index (χ1v) is 6.30. The van der Waals surface area contributed by atoms with Crippen LogP contribution in [0.4, 0.5) is 0 Å². The van der Waals surface area contributed by atoms with Crippen LogP contribution in [-0.2, 0) is 0 Å². The highest BCUT2D eigenvalue weighted by Gasteiger charge is 2.63. The van der Waals surface area contributed by atoms with Gasteiger partial charge in [-0.25, -0.2) is 0 Å². The molecule has 2 unspecified atom stereocenters. The summed E-state index contributed by atoms with van der Waals surface area (Å²) in [5.41, 5.74) is -0.861. The second kappa shape index (κ2) is 2.60. The zero-order chi connectivity index (χ0) is 10.9. The minimum Gasteiger partial charge on any atom is -0.390 e. The number of rotatable bonds is 1. The Bertz CT molecular complexity index is 279. The smallest absolute Gasteiger partial charge is 0.0683 e. The second-order valence-electron chi connectivity index (χ2n) is 6.97. The SMILES string of the molecule is CC(C)C12CC3CC(O)(CC(O)(C3)C1)C2. The third-order valence-corrected chi connectivity index (χ3v) is 5.28. The predicted octanol–water partition coefficient (Wildman–Crippen LogP) is 2.09. The van der Waals surface area contributed by atoms with E-state index < -0.39 is 11.2 Å². The van der Waals surface area contributed by atoms with Gasteiger partial charge in [-0.3, -0.25) is 0 Å². The Kier molecular flexibility index (Phi) is 1.75. The molecule has 4 fully saturated rings. The quantitative estimate of drug-likeness (QED) is 0.695. The number of hydrogen-bond donors (Lipinski definition) is 2. The molecular weight excluding hydrogens is 188 g/mol. The summed E-state index contributed by atoms with van der Waals surface area (Å²) in [6.07, 6.45) is 5.58. The molecule has 4 rings (SSSR count). The lowest BCUT2D eigenvalue weighted by Gasteiger charge is -2.64. The van der Waals surface area contributed by atoms with Gasteiger partial charge in [0.1, 0.15) is 0 Å². The summed E-state index contributed by atoms with van der Waals surface area (Å²) in [5, 5.41) is 21.0. The van der Waals surface area contributed by atoms with Gasteiger partial charge >= 0.3 is 0 Å². The third kappa shape index (κ3) is 1.31. The van der Waals surface area contributed by atoms with Gasteiger partial charge in [0.15, 0.2) is 0 Å². The molecule has 0 aromatic heterocycles. The van der Waals surface area contributed by atoms with Crippen molar-refractivity contribution in [3.05, 3.63) is 0 Å². The number of hydrogen-bond acceptors (Lipinski definition) is 2. The predicted molar refractivity (Wildman–Crippen MR) is 58.4 cm³/mol. The van der Waals surface area contributed by atoms with Crippen LogP contribution in [0.25, 0.3) is 0 Å². The van der Waals surface area contributed by atoms with E-state index in [1.807, 2.05) is 0 Å². The van der Waals surface area contributed by atoms with Gasteiger partial charge in [0, 0.05) is 6.42 Å². The zero-order valence-corrected chi connectivity index (χ0v) is 9.79. The highest BCUT2D eigenvalue weighted by atomic mass is 16.3. The Hall–Kier alpha value is -0.0800. The highest BCUT2D eigenvalue weighted by Crippen LogP contribution is 2.65. The highest BCUT2D eigenvalue weighted by molar-refractivity contribution is 5.14. The fourth-order valence-corrected chi connectivity index (χ4v) is 5.05. The van der Waals surface area contributed by atoms with Crippen LogP contribution in [0.3, 0.4) is 0 Å². The van der Waals surface area contributed by atoms with Crippen LogP contribution in [0.1, 0.15) is 52.4 Å². The van der Waals surface area contributed by atoms with Crippen molar-refractivity contribution in [3.63, 3.8) is 0 Å². The van der Waals surface area contributed by atoms with Crippen molar-refractivity contribution in [1.82, 2.24) is 0 Å². The van der Waals surface area contributed by atoms with Gasteiger partial charge in [-0.15, -0.1) is 0 Å². The van der Waals surface area contributed by atoms with Crippen LogP contribution < -0.4 is 0 Å². The van der Waals surface area contributed by atoms with Crippen molar-refractivity contribution in [1.29, 1.82) is 0 Å². The topological polar surface area (TPSA) is 40.5 Å². The van der Waals surface area contributed by atoms with E-state index in [2.05, 4.69) is 13.8 Å². The molecule has 0 radical (unpaired) electrons. The lowest BCUT2D eigenvalue weighted by molar-refractivity contribution is -0.239. The summed E-state index contributed by atoms with van der Waals surface area (Å²) in [7, 11) is 0. The monoisotopic (exact) mass is 210 g/mol. The summed E-state index contributed by atoms with van der Waals surface area (Å²) in [6, 6.07) is 0. The molecular formula is C13H22O2. The lowest BCUT2D eigenvalue weighted by atomic mass is 9.44. The molecule has 2 nitrogen and oxygen atoms in total. The maximum Gasteiger partial charge on any atom is 0.0683 e. The Morgan fingerprint density at radius 2 is 1.47 bits per heavy atom. The summed E-state index contributed by atoms with van der Waals surface area (Å²) < 4.78 is 0. The van der Waals surface area contributed by atoms with E-state index in [-0.39, 0.29) is 5.41 Å². The molecule has 2 heteroatoms. The molecule has 4 bridgehead atoms. The summed E-state index contributed by atoms with van der Waals surface area (Å²) in [5.74, 6) is 1.15. The van der Waals surface area contributed by atoms with E-state index in [4.69, 9.17) is 0 Å². The minimum absolute atomic E-state index is 0.225. The van der Waals surface area contributed by atoms with Crippen molar-refractivity contribution >= 4 is 0 Å². The van der Waals surface area contributed by atoms with Gasteiger partial charge in [-0.1, -0.05) is 13.8 Å². The van der Waals surface area contributed by atoms with E-state index in [1.165, 1.54) is 6.42 Å². The first-order chi connectivity index (χ1) is 6.85. The fourth-order valence-electron chi connectivity index (χ4n) is 5.05.